The first kappa shape index (κ1) is 15.7. The minimum Gasteiger partial charge on any atom is -0.347 e. The van der Waals surface area contributed by atoms with Gasteiger partial charge in [0.1, 0.15) is 5.51 Å². The van der Waals surface area contributed by atoms with E-state index in [1.165, 1.54) is 47.9 Å². The lowest BCUT2D eigenvalue weighted by Crippen LogP contribution is -1.96. The van der Waals surface area contributed by atoms with E-state index in [4.69, 9.17) is 0 Å². The minimum absolute atomic E-state index is 0.699. The molecule has 1 aromatic carbocycles. The lowest BCUT2D eigenvalue weighted by molar-refractivity contribution is 0.593. The Hall–Kier alpha value is -2.21. The number of aromatic nitrogens is 3. The van der Waals surface area contributed by atoms with Gasteiger partial charge >= 0.3 is 0 Å². The zero-order valence-corrected chi connectivity index (χ0v) is 14.1. The van der Waals surface area contributed by atoms with E-state index in [2.05, 4.69) is 62.7 Å². The molecule has 0 amide bonds. The zero-order chi connectivity index (χ0) is 15.9. The number of benzene rings is 1. The van der Waals surface area contributed by atoms with Crippen LogP contribution in [-0.4, -0.2) is 21.0 Å². The van der Waals surface area contributed by atoms with E-state index in [1.807, 2.05) is 6.21 Å². The number of hydrogen-bond acceptors (Lipinski definition) is 5. The lowest BCUT2D eigenvalue weighted by Gasteiger charge is -2.04. The molecule has 120 valence electrons. The summed E-state index contributed by atoms with van der Waals surface area (Å²) in [4.78, 5) is 0. The van der Waals surface area contributed by atoms with Gasteiger partial charge in [-0.25, -0.2) is 0 Å². The van der Waals surface area contributed by atoms with Crippen LogP contribution in [0.2, 0.25) is 0 Å². The van der Waals surface area contributed by atoms with Gasteiger partial charge in [-0.1, -0.05) is 55.7 Å². The Morgan fingerprint density at radius 3 is 3.00 bits per heavy atom. The van der Waals surface area contributed by atoms with Gasteiger partial charge < -0.3 is 4.57 Å². The van der Waals surface area contributed by atoms with Crippen molar-refractivity contribution >= 4 is 33.6 Å². The molecule has 0 spiro atoms. The first-order valence-electron chi connectivity index (χ1n) is 8.01. The van der Waals surface area contributed by atoms with Gasteiger partial charge in [-0.05, 0) is 12.5 Å². The van der Waals surface area contributed by atoms with E-state index in [-0.39, 0.29) is 0 Å². The molecule has 0 radical (unpaired) electrons. The van der Waals surface area contributed by atoms with Crippen molar-refractivity contribution in [3.8, 4) is 0 Å². The van der Waals surface area contributed by atoms with Crippen LogP contribution in [0.1, 0.15) is 38.2 Å². The maximum absolute atomic E-state index is 4.28. The van der Waals surface area contributed by atoms with Gasteiger partial charge in [-0.15, -0.1) is 10.2 Å². The summed E-state index contributed by atoms with van der Waals surface area (Å²) in [6.07, 6.45) is 9.10. The average molecular weight is 327 g/mol. The van der Waals surface area contributed by atoms with Gasteiger partial charge in [-0.2, -0.15) is 5.10 Å². The Balaban J connectivity index is 1.75. The number of rotatable bonds is 8. The highest BCUT2D eigenvalue weighted by atomic mass is 32.1. The summed E-state index contributed by atoms with van der Waals surface area (Å²) in [7, 11) is 0. The molecule has 0 atom stereocenters. The fraction of sp³-hybridized carbons (Fsp3) is 0.353. The maximum atomic E-state index is 4.28. The van der Waals surface area contributed by atoms with Crippen molar-refractivity contribution in [1.29, 1.82) is 0 Å². The van der Waals surface area contributed by atoms with Crippen molar-refractivity contribution in [2.75, 3.05) is 5.43 Å². The predicted molar refractivity (Wildman–Crippen MR) is 97.2 cm³/mol. The second-order valence-electron chi connectivity index (χ2n) is 5.47. The Morgan fingerprint density at radius 2 is 2.17 bits per heavy atom. The van der Waals surface area contributed by atoms with Gasteiger partial charge in [0, 0.05) is 29.2 Å². The summed E-state index contributed by atoms with van der Waals surface area (Å²) in [5.41, 5.74) is 6.98. The molecule has 3 aromatic rings. The van der Waals surface area contributed by atoms with Gasteiger partial charge in [0.15, 0.2) is 0 Å². The number of para-hydroxylation sites is 1. The van der Waals surface area contributed by atoms with Gasteiger partial charge in [0.05, 0.1) is 6.21 Å². The third-order valence-corrected chi connectivity index (χ3v) is 4.39. The SMILES string of the molecule is CCCCCCn1cc(/C=N/Nc2nncs2)c2ccccc21. The maximum Gasteiger partial charge on any atom is 0.225 e. The number of anilines is 1. The molecule has 3 rings (SSSR count). The lowest BCUT2D eigenvalue weighted by atomic mass is 10.2. The van der Waals surface area contributed by atoms with Crippen LogP contribution in [0.4, 0.5) is 5.13 Å². The first-order valence-corrected chi connectivity index (χ1v) is 8.89. The molecule has 0 aliphatic rings. The van der Waals surface area contributed by atoms with E-state index in [0.29, 0.717) is 5.13 Å². The van der Waals surface area contributed by atoms with Gasteiger partial charge in [0.2, 0.25) is 5.13 Å². The Bertz CT molecular complexity index is 760. The van der Waals surface area contributed by atoms with E-state index in [1.54, 1.807) is 5.51 Å². The van der Waals surface area contributed by atoms with Crippen LogP contribution in [0, 0.1) is 0 Å². The summed E-state index contributed by atoms with van der Waals surface area (Å²) >= 11 is 1.43. The fourth-order valence-corrected chi connectivity index (χ4v) is 3.04. The first-order chi connectivity index (χ1) is 11.4. The number of fused-ring (bicyclic) bond motifs is 1. The predicted octanol–water partition coefficient (Wildman–Crippen LogP) is 4.52. The molecule has 0 saturated carbocycles. The monoisotopic (exact) mass is 327 g/mol. The van der Waals surface area contributed by atoms with Gasteiger partial charge in [0.25, 0.3) is 0 Å². The van der Waals surface area contributed by atoms with E-state index in [0.717, 1.165) is 12.1 Å². The number of nitrogens with zero attached hydrogens (tertiary/aromatic N) is 4. The molecule has 0 aliphatic heterocycles. The Kier molecular flexibility index (Phi) is 5.37. The van der Waals surface area contributed by atoms with Crippen LogP contribution in [0.5, 0.6) is 0 Å². The van der Waals surface area contributed by atoms with Crippen LogP contribution < -0.4 is 5.43 Å². The molecule has 5 nitrogen and oxygen atoms in total. The molecular weight excluding hydrogens is 306 g/mol. The highest BCUT2D eigenvalue weighted by molar-refractivity contribution is 7.13. The van der Waals surface area contributed by atoms with Crippen LogP contribution in [0.25, 0.3) is 10.9 Å². The molecule has 2 aromatic heterocycles. The van der Waals surface area contributed by atoms with Crippen molar-refractivity contribution in [2.24, 2.45) is 5.10 Å². The molecular formula is C17H21N5S. The standard InChI is InChI=1S/C17H21N5S/c1-2-3-4-7-10-22-12-14(15-8-5-6-9-16(15)22)11-18-20-17-21-19-13-23-17/h5-6,8-9,11-13H,2-4,7,10H2,1H3,(H,20,21)/b18-11+. The topological polar surface area (TPSA) is 55.1 Å². The Labute approximate surface area is 140 Å². The molecule has 6 heteroatoms. The molecule has 0 aliphatic carbocycles. The normalized spacial score (nSPS) is 11.5. The van der Waals surface area contributed by atoms with Crippen LogP contribution >= 0.6 is 11.3 Å². The van der Waals surface area contributed by atoms with Crippen LogP contribution in [-0.2, 0) is 6.54 Å². The summed E-state index contributed by atoms with van der Waals surface area (Å²) in [5, 5.41) is 13.9. The molecule has 1 N–H and O–H groups in total. The molecule has 0 unspecified atom stereocenters. The van der Waals surface area contributed by atoms with Crippen molar-refractivity contribution in [3.05, 3.63) is 41.5 Å². The third kappa shape index (κ3) is 3.96. The molecule has 0 saturated heterocycles. The van der Waals surface area contributed by atoms with Crippen molar-refractivity contribution in [2.45, 2.75) is 39.2 Å². The molecule has 2 heterocycles. The van der Waals surface area contributed by atoms with Crippen molar-refractivity contribution in [1.82, 2.24) is 14.8 Å². The molecule has 0 fully saturated rings. The number of unbranched alkanes of at least 4 members (excludes halogenated alkanes) is 3. The number of hydrogen-bond donors (Lipinski definition) is 1. The second kappa shape index (κ2) is 7.87. The van der Waals surface area contributed by atoms with E-state index < -0.39 is 0 Å². The quantitative estimate of drug-likeness (QED) is 0.376. The summed E-state index contributed by atoms with van der Waals surface area (Å²) in [5.74, 6) is 0. The summed E-state index contributed by atoms with van der Waals surface area (Å²) < 4.78 is 2.33. The number of aryl methyl sites for hydroxylation is 1. The van der Waals surface area contributed by atoms with E-state index in [9.17, 15) is 0 Å². The highest BCUT2D eigenvalue weighted by Crippen LogP contribution is 2.21. The number of hydrazone groups is 1. The molecule has 0 bridgehead atoms. The fourth-order valence-electron chi connectivity index (χ4n) is 2.65. The zero-order valence-electron chi connectivity index (χ0n) is 13.3. The largest absolute Gasteiger partial charge is 0.347 e. The second-order valence-corrected chi connectivity index (χ2v) is 6.30. The third-order valence-electron chi connectivity index (χ3n) is 3.80. The average Bonchev–Trinajstić information content (AvgIpc) is 3.21. The van der Waals surface area contributed by atoms with Crippen LogP contribution in [0.3, 0.4) is 0 Å². The summed E-state index contributed by atoms with van der Waals surface area (Å²) in [6, 6.07) is 8.47. The van der Waals surface area contributed by atoms with E-state index >= 15 is 0 Å². The summed E-state index contributed by atoms with van der Waals surface area (Å²) in [6.45, 7) is 3.29. The van der Waals surface area contributed by atoms with Crippen LogP contribution in [0.15, 0.2) is 41.1 Å². The molecule has 23 heavy (non-hydrogen) atoms. The van der Waals surface area contributed by atoms with Gasteiger partial charge in [-0.3, -0.25) is 5.43 Å². The van der Waals surface area contributed by atoms with Crippen molar-refractivity contribution < 1.29 is 0 Å². The van der Waals surface area contributed by atoms with Crippen molar-refractivity contribution in [3.63, 3.8) is 0 Å². The highest BCUT2D eigenvalue weighted by Gasteiger charge is 2.06. The minimum atomic E-state index is 0.699. The number of nitrogens with one attached hydrogen (secondary N) is 1. The smallest absolute Gasteiger partial charge is 0.225 e. The Morgan fingerprint density at radius 1 is 1.26 bits per heavy atom.